The molecule has 2 heterocycles. The van der Waals surface area contributed by atoms with E-state index in [9.17, 15) is 19.2 Å². The molecule has 6 nitrogen and oxygen atoms in total. The number of likely N-dealkylation sites (N-methyl/N-ethyl adjacent to an activating group) is 1. The van der Waals surface area contributed by atoms with Crippen LogP contribution in [-0.2, 0) is 15.0 Å². The molecular weight excluding hydrogens is 419 g/mol. The van der Waals surface area contributed by atoms with Gasteiger partial charge in [-0.2, -0.15) is 5.26 Å². The fourth-order valence-electron chi connectivity index (χ4n) is 5.57. The topological polar surface area (TPSA) is 90.4 Å². The lowest BCUT2D eigenvalue weighted by atomic mass is 9.60. The van der Waals surface area contributed by atoms with Gasteiger partial charge in [0.1, 0.15) is 23.1 Å². The fraction of sp³-hybridized carbons (Fsp3) is 0.269. The molecule has 0 saturated heterocycles. The van der Waals surface area contributed by atoms with Crippen molar-refractivity contribution in [1.82, 2.24) is 0 Å². The second kappa shape index (κ2) is 6.79. The number of allylic oxidation sites excluding steroid dienone is 1. The molecule has 0 saturated carbocycles. The Hall–Kier alpha value is -3.92. The van der Waals surface area contributed by atoms with Crippen LogP contribution in [0.3, 0.4) is 0 Å². The van der Waals surface area contributed by atoms with E-state index in [1.165, 1.54) is 15.9 Å². The number of nitrogens with two attached hydrogens (primary N) is 1. The molecule has 0 unspecified atom stereocenters. The van der Waals surface area contributed by atoms with Crippen molar-refractivity contribution in [1.29, 1.82) is 5.26 Å². The number of nitriles is 1. The number of carbonyl (C=O) groups excluding carboxylic acids is 2. The number of rotatable bonds is 1. The molecule has 2 aromatic rings. The third kappa shape index (κ3) is 2.58. The van der Waals surface area contributed by atoms with Crippen LogP contribution < -0.4 is 15.5 Å². The van der Waals surface area contributed by atoms with Crippen molar-refractivity contribution in [3.8, 4) is 6.07 Å². The van der Waals surface area contributed by atoms with Gasteiger partial charge in [0.2, 0.25) is 5.91 Å². The van der Waals surface area contributed by atoms with Crippen LogP contribution in [0.5, 0.6) is 0 Å². The van der Waals surface area contributed by atoms with Gasteiger partial charge in [-0.15, -0.1) is 0 Å². The minimum Gasteiger partial charge on any atom is -0.384 e. The van der Waals surface area contributed by atoms with Crippen LogP contribution in [0.1, 0.15) is 32.3 Å². The molecular formula is C26H23FN4O2. The molecule has 1 spiro atoms. The summed E-state index contributed by atoms with van der Waals surface area (Å²) in [5.74, 6) is -1.21. The second-order valence-corrected chi connectivity index (χ2v) is 9.55. The lowest BCUT2D eigenvalue weighted by Crippen LogP contribution is -2.53. The van der Waals surface area contributed by atoms with Gasteiger partial charge in [0, 0.05) is 36.0 Å². The number of halogens is 1. The van der Waals surface area contributed by atoms with Crippen molar-refractivity contribution in [2.45, 2.75) is 32.1 Å². The number of benzene rings is 2. The number of Topliss-reactive ketones (excluding diaryl/α,β-unsaturated/α-hetero) is 1. The molecule has 0 fully saturated rings. The van der Waals surface area contributed by atoms with Gasteiger partial charge in [0.25, 0.3) is 0 Å². The molecule has 0 bridgehead atoms. The van der Waals surface area contributed by atoms with Gasteiger partial charge in [0.05, 0.1) is 11.3 Å². The Morgan fingerprint density at radius 2 is 1.67 bits per heavy atom. The number of para-hydroxylation sites is 2. The Bertz CT molecular complexity index is 1350. The third-order valence-corrected chi connectivity index (χ3v) is 6.87. The number of carbonyl (C=O) groups is 2. The van der Waals surface area contributed by atoms with E-state index in [-0.39, 0.29) is 34.9 Å². The summed E-state index contributed by atoms with van der Waals surface area (Å²) >= 11 is 0. The largest absolute Gasteiger partial charge is 0.384 e. The van der Waals surface area contributed by atoms with E-state index in [1.54, 1.807) is 49.5 Å². The summed E-state index contributed by atoms with van der Waals surface area (Å²) in [6, 6.07) is 15.3. The second-order valence-electron chi connectivity index (χ2n) is 9.55. The van der Waals surface area contributed by atoms with Gasteiger partial charge < -0.3 is 10.6 Å². The lowest BCUT2D eigenvalue weighted by Gasteiger charge is -2.46. The first-order chi connectivity index (χ1) is 15.6. The van der Waals surface area contributed by atoms with Crippen LogP contribution in [0.15, 0.2) is 71.2 Å². The Morgan fingerprint density at radius 1 is 1.03 bits per heavy atom. The predicted molar refractivity (Wildman–Crippen MR) is 122 cm³/mol. The third-order valence-electron chi connectivity index (χ3n) is 6.87. The molecule has 1 atom stereocenters. The molecule has 2 N–H and O–H groups in total. The van der Waals surface area contributed by atoms with Gasteiger partial charge in [-0.1, -0.05) is 44.2 Å². The minimum absolute atomic E-state index is 0.0368. The average Bonchev–Trinajstić information content (AvgIpc) is 2.97. The normalized spacial score (nSPS) is 23.7. The number of anilines is 2. The van der Waals surface area contributed by atoms with E-state index in [1.807, 2.05) is 13.8 Å². The van der Waals surface area contributed by atoms with Crippen LogP contribution in [0.2, 0.25) is 0 Å². The Balaban J connectivity index is 1.94. The van der Waals surface area contributed by atoms with Crippen molar-refractivity contribution in [3.05, 3.63) is 82.6 Å². The van der Waals surface area contributed by atoms with Gasteiger partial charge >= 0.3 is 0 Å². The Labute approximate surface area is 191 Å². The molecule has 166 valence electrons. The molecule has 0 aromatic heterocycles. The lowest BCUT2D eigenvalue weighted by molar-refractivity contribution is -0.124. The van der Waals surface area contributed by atoms with E-state index in [0.717, 1.165) is 0 Å². The van der Waals surface area contributed by atoms with Crippen LogP contribution in [0.4, 0.5) is 15.8 Å². The molecule has 7 heteroatoms. The fourth-order valence-corrected chi connectivity index (χ4v) is 5.57. The highest BCUT2D eigenvalue weighted by atomic mass is 19.1. The highest BCUT2D eigenvalue weighted by molar-refractivity contribution is 6.20. The summed E-state index contributed by atoms with van der Waals surface area (Å²) in [6.07, 6.45) is 0.596. The van der Waals surface area contributed by atoms with E-state index in [0.29, 0.717) is 23.4 Å². The number of nitrogens with zero attached hydrogens (tertiary/aromatic N) is 3. The highest BCUT2D eigenvalue weighted by Gasteiger charge is 2.62. The number of ketones is 1. The summed E-state index contributed by atoms with van der Waals surface area (Å²) in [4.78, 5) is 30.6. The zero-order chi connectivity index (χ0) is 23.7. The van der Waals surface area contributed by atoms with E-state index in [2.05, 4.69) is 6.07 Å². The van der Waals surface area contributed by atoms with Crippen molar-refractivity contribution >= 4 is 23.1 Å². The SMILES string of the molecule is CN1C(=O)[C@]2(C(C#N)=C(N)N(c3ccccc3F)C3=C2C(=O)CC(C)(C)C3)c2ccccc21. The first kappa shape index (κ1) is 21.0. The molecule has 33 heavy (non-hydrogen) atoms. The molecule has 5 rings (SSSR count). The van der Waals surface area contributed by atoms with Gasteiger partial charge in [-0.3, -0.25) is 14.5 Å². The van der Waals surface area contributed by atoms with Crippen LogP contribution in [0, 0.1) is 22.6 Å². The van der Waals surface area contributed by atoms with Gasteiger partial charge in [-0.05, 0) is 30.0 Å². The zero-order valence-corrected chi connectivity index (χ0v) is 18.6. The number of amides is 1. The molecule has 3 aliphatic rings. The minimum atomic E-state index is -1.64. The number of hydrogen-bond donors (Lipinski definition) is 1. The van der Waals surface area contributed by atoms with Gasteiger partial charge in [0.15, 0.2) is 5.78 Å². The smallest absolute Gasteiger partial charge is 0.247 e. The van der Waals surface area contributed by atoms with Crippen LogP contribution in [0.25, 0.3) is 0 Å². The van der Waals surface area contributed by atoms with E-state index in [4.69, 9.17) is 5.73 Å². The predicted octanol–water partition coefficient (Wildman–Crippen LogP) is 3.90. The quantitative estimate of drug-likeness (QED) is 0.724. The Morgan fingerprint density at radius 3 is 2.33 bits per heavy atom. The summed E-state index contributed by atoms with van der Waals surface area (Å²) in [5, 5.41) is 10.3. The first-order valence-corrected chi connectivity index (χ1v) is 10.7. The van der Waals surface area contributed by atoms with Crippen molar-refractivity contribution < 1.29 is 14.0 Å². The molecule has 0 radical (unpaired) electrons. The van der Waals surface area contributed by atoms with Crippen LogP contribution >= 0.6 is 0 Å². The van der Waals surface area contributed by atoms with Crippen molar-refractivity contribution in [3.63, 3.8) is 0 Å². The molecule has 1 amide bonds. The summed E-state index contributed by atoms with van der Waals surface area (Å²) in [6.45, 7) is 3.91. The monoisotopic (exact) mass is 442 g/mol. The van der Waals surface area contributed by atoms with Crippen molar-refractivity contribution in [2.75, 3.05) is 16.8 Å². The average molecular weight is 442 g/mol. The van der Waals surface area contributed by atoms with Crippen molar-refractivity contribution in [2.24, 2.45) is 11.1 Å². The van der Waals surface area contributed by atoms with E-state index >= 15 is 0 Å². The Kier molecular flexibility index (Phi) is 4.31. The molecule has 1 aliphatic carbocycles. The highest BCUT2D eigenvalue weighted by Crippen LogP contribution is 2.58. The number of fused-ring (bicyclic) bond motifs is 3. The maximum atomic E-state index is 15.0. The first-order valence-electron chi connectivity index (χ1n) is 10.7. The maximum Gasteiger partial charge on any atom is 0.247 e. The zero-order valence-electron chi connectivity index (χ0n) is 18.6. The molecule has 2 aliphatic heterocycles. The van der Waals surface area contributed by atoms with Crippen LogP contribution in [-0.4, -0.2) is 18.7 Å². The van der Waals surface area contributed by atoms with Gasteiger partial charge in [-0.25, -0.2) is 4.39 Å². The van der Waals surface area contributed by atoms with E-state index < -0.39 is 22.6 Å². The number of hydrogen-bond acceptors (Lipinski definition) is 5. The maximum absolute atomic E-state index is 15.0. The molecule has 2 aromatic carbocycles. The summed E-state index contributed by atoms with van der Waals surface area (Å²) < 4.78 is 15.0. The summed E-state index contributed by atoms with van der Waals surface area (Å²) in [7, 11) is 1.63. The standard InChI is InChI=1S/C26H23FN4O2/c1-25(2)12-20-22(21(32)13-25)26(15-8-4-6-10-18(15)30(3)24(26)33)16(14-28)23(29)31(20)19-11-7-5-9-17(19)27/h4-11H,12-13,29H2,1-3H3/t26-/m0/s1. The summed E-state index contributed by atoms with van der Waals surface area (Å²) in [5.41, 5.74) is 6.46.